The van der Waals surface area contributed by atoms with Gasteiger partial charge in [0.1, 0.15) is 5.82 Å². The summed E-state index contributed by atoms with van der Waals surface area (Å²) in [5.41, 5.74) is 3.15. The normalized spacial score (nSPS) is 11.0. The smallest absolute Gasteiger partial charge is 0.272 e. The Labute approximate surface area is 146 Å². The highest BCUT2D eigenvalue weighted by atomic mass is 79.9. The molecule has 24 heavy (non-hydrogen) atoms. The van der Waals surface area contributed by atoms with Gasteiger partial charge in [0.25, 0.3) is 5.91 Å². The quantitative estimate of drug-likeness (QED) is 0.605. The summed E-state index contributed by atoms with van der Waals surface area (Å²) in [5, 5.41) is 6.30. The van der Waals surface area contributed by atoms with Gasteiger partial charge in [0.2, 0.25) is 5.91 Å². The van der Waals surface area contributed by atoms with Gasteiger partial charge in [0.05, 0.1) is 17.7 Å². The van der Waals surface area contributed by atoms with Gasteiger partial charge >= 0.3 is 0 Å². The van der Waals surface area contributed by atoms with Crippen LogP contribution in [0.3, 0.4) is 0 Å². The minimum Gasteiger partial charge on any atom is -0.323 e. The number of rotatable bonds is 5. The first kappa shape index (κ1) is 17.7. The van der Waals surface area contributed by atoms with Gasteiger partial charge in [-0.1, -0.05) is 15.9 Å². The highest BCUT2D eigenvalue weighted by molar-refractivity contribution is 9.10. The van der Waals surface area contributed by atoms with Crippen molar-refractivity contribution in [3.63, 3.8) is 0 Å². The van der Waals surface area contributed by atoms with Crippen LogP contribution in [0.2, 0.25) is 0 Å². The van der Waals surface area contributed by atoms with Gasteiger partial charge in [-0.2, -0.15) is 5.10 Å². The van der Waals surface area contributed by atoms with E-state index in [9.17, 15) is 14.0 Å². The molecule has 0 fully saturated rings. The van der Waals surface area contributed by atoms with Crippen LogP contribution in [0.15, 0.2) is 52.3 Å². The Morgan fingerprint density at radius 2 is 2.12 bits per heavy atom. The second-order valence-corrected chi connectivity index (χ2v) is 5.79. The molecule has 2 N–H and O–H groups in total. The van der Waals surface area contributed by atoms with Crippen LogP contribution in [0, 0.1) is 5.82 Å². The molecule has 0 spiro atoms. The molecular formula is C16H14BrFN4O2. The first-order valence-corrected chi connectivity index (χ1v) is 7.73. The molecule has 1 heterocycles. The van der Waals surface area contributed by atoms with Gasteiger partial charge in [-0.15, -0.1) is 0 Å². The number of hydrazone groups is 1. The van der Waals surface area contributed by atoms with Crippen LogP contribution >= 0.6 is 15.9 Å². The average Bonchev–Trinajstić information content (AvgIpc) is 2.56. The van der Waals surface area contributed by atoms with E-state index in [1.807, 2.05) is 0 Å². The zero-order valence-corrected chi connectivity index (χ0v) is 14.3. The summed E-state index contributed by atoms with van der Waals surface area (Å²) >= 11 is 3.14. The molecule has 2 amide bonds. The van der Waals surface area contributed by atoms with E-state index in [4.69, 9.17) is 0 Å². The molecule has 0 atom stereocenters. The Balaban J connectivity index is 1.90. The fourth-order valence-electron chi connectivity index (χ4n) is 1.76. The molecule has 0 radical (unpaired) electrons. The maximum atomic E-state index is 13.7. The number of benzene rings is 1. The molecule has 0 saturated carbocycles. The van der Waals surface area contributed by atoms with E-state index >= 15 is 0 Å². The van der Waals surface area contributed by atoms with Gasteiger partial charge < -0.3 is 5.32 Å². The number of halogens is 2. The summed E-state index contributed by atoms with van der Waals surface area (Å²) in [6, 6.07) is 7.55. The third kappa shape index (κ3) is 5.24. The van der Waals surface area contributed by atoms with E-state index in [1.165, 1.54) is 18.3 Å². The molecule has 0 saturated heterocycles. The summed E-state index contributed by atoms with van der Waals surface area (Å²) in [6.07, 6.45) is 2.88. The summed E-state index contributed by atoms with van der Waals surface area (Å²) in [4.78, 5) is 27.5. The lowest BCUT2D eigenvalue weighted by Gasteiger charge is -2.07. The topological polar surface area (TPSA) is 83.5 Å². The molecule has 8 heteroatoms. The maximum Gasteiger partial charge on any atom is 0.272 e. The van der Waals surface area contributed by atoms with Gasteiger partial charge in [-0.25, -0.2) is 9.82 Å². The zero-order chi connectivity index (χ0) is 17.5. The number of nitrogens with one attached hydrogen (secondary N) is 2. The molecule has 0 aliphatic heterocycles. The van der Waals surface area contributed by atoms with E-state index in [0.29, 0.717) is 15.7 Å². The zero-order valence-electron chi connectivity index (χ0n) is 12.7. The SMILES string of the molecule is C/C(CC(=O)Nc1ccc(Br)cc1F)=N\NC(=O)c1cccnc1. The van der Waals surface area contributed by atoms with Gasteiger partial charge in [0.15, 0.2) is 0 Å². The summed E-state index contributed by atoms with van der Waals surface area (Å²) in [5.74, 6) is -1.41. The van der Waals surface area contributed by atoms with Crippen LogP contribution in [0.4, 0.5) is 10.1 Å². The Morgan fingerprint density at radius 1 is 1.33 bits per heavy atom. The molecule has 124 valence electrons. The lowest BCUT2D eigenvalue weighted by Crippen LogP contribution is -2.21. The van der Waals surface area contributed by atoms with Crippen molar-refractivity contribution in [3.05, 3.63) is 58.6 Å². The van der Waals surface area contributed by atoms with Crippen LogP contribution in [0.5, 0.6) is 0 Å². The first-order chi connectivity index (χ1) is 11.5. The molecule has 6 nitrogen and oxygen atoms in total. The number of nitrogens with zero attached hydrogens (tertiary/aromatic N) is 2. The lowest BCUT2D eigenvalue weighted by atomic mass is 10.2. The molecule has 0 bridgehead atoms. The summed E-state index contributed by atoms with van der Waals surface area (Å²) < 4.78 is 14.2. The fourth-order valence-corrected chi connectivity index (χ4v) is 2.10. The van der Waals surface area contributed by atoms with Crippen LogP contribution in [-0.4, -0.2) is 22.5 Å². The van der Waals surface area contributed by atoms with Gasteiger partial charge in [-0.05, 0) is 37.3 Å². The molecule has 0 unspecified atom stereocenters. The number of hydrogen-bond donors (Lipinski definition) is 2. The largest absolute Gasteiger partial charge is 0.323 e. The number of aromatic nitrogens is 1. The molecule has 0 aliphatic carbocycles. The van der Waals surface area contributed by atoms with E-state index < -0.39 is 17.6 Å². The number of carbonyl (C=O) groups is 2. The van der Waals surface area contributed by atoms with Crippen LogP contribution in [0.1, 0.15) is 23.7 Å². The molecule has 2 rings (SSSR count). The van der Waals surface area contributed by atoms with Crippen molar-refractivity contribution in [1.82, 2.24) is 10.4 Å². The van der Waals surface area contributed by atoms with E-state index in [1.54, 1.807) is 31.3 Å². The predicted molar refractivity (Wildman–Crippen MR) is 92.2 cm³/mol. The summed E-state index contributed by atoms with van der Waals surface area (Å²) in [7, 11) is 0. The Bertz CT molecular complexity index is 781. The standard InChI is InChI=1S/C16H14BrFN4O2/c1-10(21-22-16(24)11-3-2-6-19-9-11)7-15(23)20-14-5-4-12(17)8-13(14)18/h2-6,8-9H,7H2,1H3,(H,20,23)(H,22,24)/b21-10+. The van der Waals surface area contributed by atoms with E-state index in [-0.39, 0.29) is 12.1 Å². The number of carbonyl (C=O) groups excluding carboxylic acids is 2. The second-order valence-electron chi connectivity index (χ2n) is 4.88. The Hall–Kier alpha value is -2.61. The maximum absolute atomic E-state index is 13.7. The third-order valence-electron chi connectivity index (χ3n) is 2.89. The highest BCUT2D eigenvalue weighted by Crippen LogP contribution is 2.19. The van der Waals surface area contributed by atoms with Crippen molar-refractivity contribution in [2.45, 2.75) is 13.3 Å². The minimum absolute atomic E-state index is 0.0791. The average molecular weight is 393 g/mol. The van der Waals surface area contributed by atoms with Crippen molar-refractivity contribution < 1.29 is 14.0 Å². The number of pyridine rings is 1. The van der Waals surface area contributed by atoms with Crippen molar-refractivity contribution >= 4 is 39.1 Å². The first-order valence-electron chi connectivity index (χ1n) is 6.94. The van der Waals surface area contributed by atoms with Crippen LogP contribution < -0.4 is 10.7 Å². The Morgan fingerprint density at radius 3 is 2.79 bits per heavy atom. The third-order valence-corrected chi connectivity index (χ3v) is 3.39. The lowest BCUT2D eigenvalue weighted by molar-refractivity contribution is -0.115. The molecule has 0 aliphatic rings. The van der Waals surface area contributed by atoms with E-state index in [0.717, 1.165) is 0 Å². The monoisotopic (exact) mass is 392 g/mol. The number of anilines is 1. The molecule has 1 aromatic carbocycles. The van der Waals surface area contributed by atoms with Crippen LogP contribution in [0.25, 0.3) is 0 Å². The van der Waals surface area contributed by atoms with Gasteiger partial charge in [0, 0.05) is 22.6 Å². The predicted octanol–water partition coefficient (Wildman–Crippen LogP) is 3.12. The van der Waals surface area contributed by atoms with Crippen molar-refractivity contribution in [1.29, 1.82) is 0 Å². The molecule has 2 aromatic rings. The highest BCUT2D eigenvalue weighted by Gasteiger charge is 2.09. The minimum atomic E-state index is -0.544. The Kier molecular flexibility index (Phi) is 6.14. The van der Waals surface area contributed by atoms with Crippen LogP contribution in [-0.2, 0) is 4.79 Å². The second kappa shape index (κ2) is 8.30. The fraction of sp³-hybridized carbons (Fsp3) is 0.125. The molecule has 1 aromatic heterocycles. The number of amides is 2. The molecular weight excluding hydrogens is 379 g/mol. The van der Waals surface area contributed by atoms with Gasteiger partial charge in [-0.3, -0.25) is 14.6 Å². The number of hydrogen-bond acceptors (Lipinski definition) is 4. The van der Waals surface area contributed by atoms with Crippen molar-refractivity contribution in [2.24, 2.45) is 5.10 Å². The summed E-state index contributed by atoms with van der Waals surface area (Å²) in [6.45, 7) is 1.58. The van der Waals surface area contributed by atoms with E-state index in [2.05, 4.69) is 36.8 Å². The van der Waals surface area contributed by atoms with Crippen molar-refractivity contribution in [2.75, 3.05) is 5.32 Å². The van der Waals surface area contributed by atoms with Crippen molar-refractivity contribution in [3.8, 4) is 0 Å².